The second-order valence-corrected chi connectivity index (χ2v) is 7.23. The average molecular weight is 354 g/mol. The highest BCUT2D eigenvalue weighted by molar-refractivity contribution is 7.89. The Labute approximate surface area is 139 Å². The minimum absolute atomic E-state index is 0.0214. The molecule has 1 aromatic carbocycles. The van der Waals surface area contributed by atoms with Gasteiger partial charge >= 0.3 is 0 Å². The zero-order valence-electron chi connectivity index (χ0n) is 12.6. The summed E-state index contributed by atoms with van der Waals surface area (Å²) in [6.07, 6.45) is 3.06. The molecule has 2 aromatic rings. The van der Waals surface area contributed by atoms with Crippen LogP contribution in [0.15, 0.2) is 47.6 Å². The zero-order chi connectivity index (χ0) is 17.0. The van der Waals surface area contributed by atoms with Crippen LogP contribution in [-0.4, -0.2) is 25.4 Å². The molecule has 0 fully saturated rings. The summed E-state index contributed by atoms with van der Waals surface area (Å²) in [5, 5.41) is 2.78. The Morgan fingerprint density at radius 1 is 1.26 bits per heavy atom. The molecule has 122 valence electrons. The molecule has 0 saturated carbocycles. The summed E-state index contributed by atoms with van der Waals surface area (Å²) in [5.74, 6) is -0.510. The van der Waals surface area contributed by atoms with Crippen LogP contribution < -0.4 is 10.0 Å². The van der Waals surface area contributed by atoms with Crippen LogP contribution in [0.1, 0.15) is 24.2 Å². The Morgan fingerprint density at radius 2 is 2.00 bits per heavy atom. The molecule has 1 heterocycles. The molecule has 0 aliphatic rings. The lowest BCUT2D eigenvalue weighted by Gasteiger charge is -2.12. The first-order valence-electron chi connectivity index (χ1n) is 6.83. The monoisotopic (exact) mass is 353 g/mol. The van der Waals surface area contributed by atoms with Gasteiger partial charge < -0.3 is 5.32 Å². The van der Waals surface area contributed by atoms with Gasteiger partial charge in [0.15, 0.2) is 0 Å². The Kier molecular flexibility index (Phi) is 5.35. The molecule has 0 unspecified atom stereocenters. The third-order valence-corrected chi connectivity index (χ3v) is 4.79. The molecule has 0 radical (unpaired) electrons. The Hall–Kier alpha value is -1.96. The van der Waals surface area contributed by atoms with Crippen molar-refractivity contribution in [3.63, 3.8) is 0 Å². The van der Waals surface area contributed by atoms with E-state index in [-0.39, 0.29) is 21.5 Å². The average Bonchev–Trinajstić information content (AvgIpc) is 2.47. The largest absolute Gasteiger partial charge is 0.321 e. The fraction of sp³-hybridized carbons (Fsp3) is 0.200. The summed E-state index contributed by atoms with van der Waals surface area (Å²) < 4.78 is 26.8. The van der Waals surface area contributed by atoms with Gasteiger partial charge in [0.2, 0.25) is 10.0 Å². The van der Waals surface area contributed by atoms with Crippen molar-refractivity contribution in [1.82, 2.24) is 9.71 Å². The molecule has 8 heteroatoms. The number of halogens is 1. The molecule has 0 aliphatic carbocycles. The van der Waals surface area contributed by atoms with Gasteiger partial charge in [-0.25, -0.2) is 13.1 Å². The molecule has 0 bridgehead atoms. The van der Waals surface area contributed by atoms with Crippen LogP contribution in [0.2, 0.25) is 5.02 Å². The van der Waals surface area contributed by atoms with Crippen LogP contribution in [0.4, 0.5) is 5.69 Å². The number of nitrogens with one attached hydrogen (secondary N) is 2. The smallest absolute Gasteiger partial charge is 0.257 e. The minimum Gasteiger partial charge on any atom is -0.321 e. The normalized spacial score (nSPS) is 11.5. The summed E-state index contributed by atoms with van der Waals surface area (Å²) in [5.41, 5.74) is 0.560. The first-order valence-corrected chi connectivity index (χ1v) is 8.69. The molecular weight excluding hydrogens is 338 g/mol. The zero-order valence-corrected chi connectivity index (χ0v) is 14.1. The first-order chi connectivity index (χ1) is 10.8. The highest BCUT2D eigenvalue weighted by Gasteiger charge is 2.19. The van der Waals surface area contributed by atoms with Crippen LogP contribution >= 0.6 is 11.6 Å². The first kappa shape index (κ1) is 17.4. The molecule has 2 N–H and O–H groups in total. The maximum Gasteiger partial charge on any atom is 0.257 e. The van der Waals surface area contributed by atoms with Gasteiger partial charge in [-0.15, -0.1) is 0 Å². The van der Waals surface area contributed by atoms with Crippen molar-refractivity contribution < 1.29 is 13.2 Å². The van der Waals surface area contributed by atoms with E-state index < -0.39 is 15.9 Å². The van der Waals surface area contributed by atoms with E-state index in [0.717, 1.165) is 0 Å². The van der Waals surface area contributed by atoms with Crippen molar-refractivity contribution >= 4 is 33.2 Å². The number of anilines is 1. The Morgan fingerprint density at radius 3 is 2.61 bits per heavy atom. The van der Waals surface area contributed by atoms with E-state index in [2.05, 4.69) is 15.0 Å². The number of aromatic nitrogens is 1. The molecule has 23 heavy (non-hydrogen) atoms. The van der Waals surface area contributed by atoms with Crippen LogP contribution in [0.5, 0.6) is 0 Å². The number of nitrogens with zero attached hydrogens (tertiary/aromatic N) is 1. The van der Waals surface area contributed by atoms with Gasteiger partial charge in [-0.3, -0.25) is 9.78 Å². The number of hydrogen-bond acceptors (Lipinski definition) is 4. The van der Waals surface area contributed by atoms with Gasteiger partial charge in [0, 0.05) is 12.2 Å². The fourth-order valence-electron chi connectivity index (χ4n) is 1.86. The lowest BCUT2D eigenvalue weighted by molar-refractivity contribution is 0.102. The van der Waals surface area contributed by atoms with Crippen molar-refractivity contribution in [2.45, 2.75) is 24.8 Å². The van der Waals surface area contributed by atoms with E-state index >= 15 is 0 Å². The molecule has 6 nitrogen and oxygen atoms in total. The third kappa shape index (κ3) is 4.51. The summed E-state index contributed by atoms with van der Waals surface area (Å²) in [4.78, 5) is 16.2. The van der Waals surface area contributed by atoms with E-state index in [1.807, 2.05) is 0 Å². The van der Waals surface area contributed by atoms with Crippen LogP contribution in [0, 0.1) is 0 Å². The number of hydrogen-bond donors (Lipinski definition) is 2. The van der Waals surface area contributed by atoms with E-state index in [9.17, 15) is 13.2 Å². The number of carbonyl (C=O) groups is 1. The number of amides is 1. The van der Waals surface area contributed by atoms with Crippen molar-refractivity contribution in [1.29, 1.82) is 0 Å². The number of sulfonamides is 1. The van der Waals surface area contributed by atoms with Crippen molar-refractivity contribution in [3.05, 3.63) is 53.3 Å². The SMILES string of the molecule is CC(C)NS(=O)(=O)c1ccc(Cl)c(C(=O)Nc2cccnc2)c1. The minimum atomic E-state index is -3.71. The number of carbonyl (C=O) groups excluding carboxylic acids is 1. The number of rotatable bonds is 5. The lowest BCUT2D eigenvalue weighted by Crippen LogP contribution is -2.30. The van der Waals surface area contributed by atoms with Crippen molar-refractivity contribution in [2.24, 2.45) is 0 Å². The molecule has 0 saturated heterocycles. The van der Waals surface area contributed by atoms with Gasteiger partial charge in [0.05, 0.1) is 27.4 Å². The maximum absolute atomic E-state index is 12.3. The van der Waals surface area contributed by atoms with Gasteiger partial charge in [-0.1, -0.05) is 11.6 Å². The standard InChI is InChI=1S/C15H16ClN3O3S/c1-10(2)19-23(21,22)12-5-6-14(16)13(8-12)15(20)18-11-4-3-7-17-9-11/h3-10,19H,1-2H3,(H,18,20). The third-order valence-electron chi connectivity index (χ3n) is 2.80. The fourth-order valence-corrected chi connectivity index (χ4v) is 3.34. The predicted octanol–water partition coefficient (Wildman–Crippen LogP) is 2.67. The summed E-state index contributed by atoms with van der Waals surface area (Å²) in [6.45, 7) is 3.42. The van der Waals surface area contributed by atoms with Crippen molar-refractivity contribution in [2.75, 3.05) is 5.32 Å². The summed E-state index contributed by atoms with van der Waals surface area (Å²) in [6, 6.07) is 7.06. The topological polar surface area (TPSA) is 88.2 Å². The molecule has 1 aromatic heterocycles. The predicted molar refractivity (Wildman–Crippen MR) is 89.1 cm³/mol. The molecular formula is C15H16ClN3O3S. The van der Waals surface area contributed by atoms with Crippen LogP contribution in [0.3, 0.4) is 0 Å². The molecule has 1 amide bonds. The van der Waals surface area contributed by atoms with Gasteiger partial charge in [-0.05, 0) is 44.2 Å². The lowest BCUT2D eigenvalue weighted by atomic mass is 10.2. The van der Waals surface area contributed by atoms with E-state index in [0.29, 0.717) is 5.69 Å². The second kappa shape index (κ2) is 7.08. The molecule has 0 atom stereocenters. The van der Waals surface area contributed by atoms with Gasteiger partial charge in [0.1, 0.15) is 0 Å². The maximum atomic E-state index is 12.3. The quantitative estimate of drug-likeness (QED) is 0.865. The summed E-state index contributed by atoms with van der Waals surface area (Å²) >= 11 is 6.02. The van der Waals surface area contributed by atoms with E-state index in [1.54, 1.807) is 32.2 Å². The van der Waals surface area contributed by atoms with Crippen LogP contribution in [-0.2, 0) is 10.0 Å². The Balaban J connectivity index is 2.32. The number of benzene rings is 1. The number of pyridine rings is 1. The van der Waals surface area contributed by atoms with E-state index in [4.69, 9.17) is 11.6 Å². The van der Waals surface area contributed by atoms with Gasteiger partial charge in [0.25, 0.3) is 5.91 Å². The molecule has 0 aliphatic heterocycles. The highest BCUT2D eigenvalue weighted by atomic mass is 35.5. The second-order valence-electron chi connectivity index (χ2n) is 5.11. The highest BCUT2D eigenvalue weighted by Crippen LogP contribution is 2.22. The molecule has 2 rings (SSSR count). The molecule has 0 spiro atoms. The van der Waals surface area contributed by atoms with Gasteiger partial charge in [-0.2, -0.15) is 0 Å². The Bertz CT molecular complexity index is 808. The van der Waals surface area contributed by atoms with Crippen molar-refractivity contribution in [3.8, 4) is 0 Å². The summed E-state index contributed by atoms with van der Waals surface area (Å²) in [7, 11) is -3.71. The van der Waals surface area contributed by atoms with E-state index in [1.165, 1.54) is 24.4 Å². The van der Waals surface area contributed by atoms with Crippen LogP contribution in [0.25, 0.3) is 0 Å².